The van der Waals surface area contributed by atoms with Gasteiger partial charge in [0, 0.05) is 10.8 Å². The second-order valence-corrected chi connectivity index (χ2v) is 14.2. The maximum Gasteiger partial charge on any atom is 0.0159 e. The van der Waals surface area contributed by atoms with E-state index >= 15 is 0 Å². The summed E-state index contributed by atoms with van der Waals surface area (Å²) in [6.07, 6.45) is 0. The minimum Gasteiger partial charge on any atom is -0.0619 e. The van der Waals surface area contributed by atoms with Crippen LogP contribution >= 0.6 is 0 Å². The maximum absolute atomic E-state index is 2.48. The first-order valence-corrected chi connectivity index (χ1v) is 16.2. The van der Waals surface area contributed by atoms with E-state index in [0.717, 1.165) is 0 Å². The first-order chi connectivity index (χ1) is 21.7. The van der Waals surface area contributed by atoms with E-state index in [1.807, 2.05) is 0 Å². The highest BCUT2D eigenvalue weighted by Gasteiger charge is 2.37. The van der Waals surface area contributed by atoms with Crippen LogP contribution in [0.3, 0.4) is 0 Å². The van der Waals surface area contributed by atoms with Crippen molar-refractivity contribution in [3.8, 4) is 44.5 Å². The van der Waals surface area contributed by atoms with Crippen molar-refractivity contribution in [3.63, 3.8) is 0 Å². The Morgan fingerprint density at radius 3 is 1.31 bits per heavy atom. The minimum atomic E-state index is -0.0435. The number of fused-ring (bicyclic) bond motifs is 8. The molecule has 0 nitrogen and oxygen atoms in total. The zero-order chi connectivity index (χ0) is 30.7. The van der Waals surface area contributed by atoms with Crippen molar-refractivity contribution in [1.82, 2.24) is 0 Å². The Morgan fingerprint density at radius 2 is 0.778 bits per heavy atom. The lowest BCUT2D eigenvalue weighted by atomic mass is 9.79. The Hall–Kier alpha value is -4.94. The molecule has 7 aromatic rings. The molecule has 2 aliphatic carbocycles. The van der Waals surface area contributed by atoms with Crippen LogP contribution in [0.25, 0.3) is 66.1 Å². The quantitative estimate of drug-likeness (QED) is 0.180. The monoisotopic (exact) mass is 576 g/mol. The zero-order valence-electron chi connectivity index (χ0n) is 26.6. The Bertz CT molecular complexity index is 2380. The molecule has 0 aromatic heterocycles. The highest BCUT2D eigenvalue weighted by molar-refractivity contribution is 6.21. The molecule has 0 saturated carbocycles. The van der Waals surface area contributed by atoms with Gasteiger partial charge in [-0.1, -0.05) is 149 Å². The summed E-state index contributed by atoms with van der Waals surface area (Å²) >= 11 is 0. The molecule has 0 fully saturated rings. The molecular weight excluding hydrogens is 540 g/mol. The van der Waals surface area contributed by atoms with E-state index in [1.165, 1.54) is 93.9 Å². The van der Waals surface area contributed by atoms with Gasteiger partial charge in [0.25, 0.3) is 0 Å². The highest BCUT2D eigenvalue weighted by Crippen LogP contribution is 2.53. The van der Waals surface area contributed by atoms with Crippen LogP contribution < -0.4 is 0 Å². The van der Waals surface area contributed by atoms with Gasteiger partial charge in [-0.2, -0.15) is 0 Å². The predicted octanol–water partition coefficient (Wildman–Crippen LogP) is 12.2. The van der Waals surface area contributed by atoms with Crippen molar-refractivity contribution in [3.05, 3.63) is 155 Å². The molecule has 45 heavy (non-hydrogen) atoms. The van der Waals surface area contributed by atoms with E-state index in [2.05, 4.69) is 162 Å². The Labute approximate surface area is 266 Å². The molecule has 0 N–H and O–H groups in total. The van der Waals surface area contributed by atoms with Gasteiger partial charge in [0.2, 0.25) is 0 Å². The lowest BCUT2D eigenvalue weighted by molar-refractivity contribution is 0.660. The van der Waals surface area contributed by atoms with Gasteiger partial charge in [0.05, 0.1) is 0 Å². The smallest absolute Gasteiger partial charge is 0.0159 e. The number of hydrogen-bond donors (Lipinski definition) is 0. The molecule has 0 unspecified atom stereocenters. The molecule has 0 heterocycles. The van der Waals surface area contributed by atoms with Gasteiger partial charge in [0.1, 0.15) is 0 Å². The van der Waals surface area contributed by atoms with Crippen LogP contribution in [-0.2, 0) is 10.8 Å². The van der Waals surface area contributed by atoms with E-state index < -0.39 is 0 Å². The Kier molecular flexibility index (Phi) is 5.32. The lowest BCUT2D eigenvalue weighted by Crippen LogP contribution is -2.15. The summed E-state index contributed by atoms with van der Waals surface area (Å²) in [4.78, 5) is 0. The summed E-state index contributed by atoms with van der Waals surface area (Å²) in [5.74, 6) is 0. The number of aryl methyl sites for hydroxylation is 1. The van der Waals surface area contributed by atoms with Crippen molar-refractivity contribution in [1.29, 1.82) is 0 Å². The lowest BCUT2D eigenvalue weighted by Gasteiger charge is -2.24. The number of benzene rings is 7. The summed E-state index contributed by atoms with van der Waals surface area (Å²) in [5, 5.41) is 5.24. The van der Waals surface area contributed by atoms with E-state index in [-0.39, 0.29) is 10.8 Å². The molecule has 0 atom stereocenters. The number of rotatable bonds is 2. The highest BCUT2D eigenvalue weighted by atomic mass is 14.4. The van der Waals surface area contributed by atoms with Crippen LogP contribution in [0.1, 0.15) is 55.5 Å². The molecular formula is C45H36. The summed E-state index contributed by atoms with van der Waals surface area (Å²) in [6.45, 7) is 11.7. The molecule has 0 heteroatoms. The van der Waals surface area contributed by atoms with Gasteiger partial charge < -0.3 is 0 Å². The number of hydrogen-bond acceptors (Lipinski definition) is 0. The first-order valence-electron chi connectivity index (χ1n) is 16.2. The predicted molar refractivity (Wildman–Crippen MR) is 192 cm³/mol. The third-order valence-corrected chi connectivity index (χ3v) is 10.9. The average Bonchev–Trinajstić information content (AvgIpc) is 3.43. The summed E-state index contributed by atoms with van der Waals surface area (Å²) in [7, 11) is 0. The van der Waals surface area contributed by atoms with Gasteiger partial charge in [-0.05, 0) is 107 Å². The zero-order valence-corrected chi connectivity index (χ0v) is 26.6. The van der Waals surface area contributed by atoms with Crippen molar-refractivity contribution in [2.75, 3.05) is 0 Å². The van der Waals surface area contributed by atoms with Crippen molar-refractivity contribution >= 4 is 21.5 Å². The summed E-state index contributed by atoms with van der Waals surface area (Å²) in [5.41, 5.74) is 17.5. The molecule has 0 aliphatic heterocycles. The third-order valence-electron chi connectivity index (χ3n) is 10.9. The van der Waals surface area contributed by atoms with Crippen LogP contribution in [0.4, 0.5) is 0 Å². The SMILES string of the molecule is Cc1ccc2c(-c3ccc4c(c3)C(C)(C)c3ccccc3-4)c3ccccc3c(-c3ccc4c(c3)C(C)(C)c3ccccc3-4)c2c1. The van der Waals surface area contributed by atoms with E-state index in [4.69, 9.17) is 0 Å². The van der Waals surface area contributed by atoms with Gasteiger partial charge >= 0.3 is 0 Å². The van der Waals surface area contributed by atoms with E-state index in [1.54, 1.807) is 0 Å². The Morgan fingerprint density at radius 1 is 0.356 bits per heavy atom. The fraction of sp³-hybridized carbons (Fsp3) is 0.156. The van der Waals surface area contributed by atoms with Crippen molar-refractivity contribution in [2.45, 2.75) is 45.4 Å². The van der Waals surface area contributed by atoms with E-state index in [9.17, 15) is 0 Å². The molecule has 0 saturated heterocycles. The maximum atomic E-state index is 2.48. The fourth-order valence-corrected chi connectivity index (χ4v) is 8.63. The van der Waals surface area contributed by atoms with Crippen LogP contribution in [0.5, 0.6) is 0 Å². The first kappa shape index (κ1) is 26.5. The standard InChI is InChI=1S/C45H36/c1-27-18-21-36-37(24-27)43(29-20-23-33-31-13-9-11-17-39(31)45(4,5)41(33)26-29)35-15-7-6-14-34(35)42(36)28-19-22-32-30-12-8-10-16-38(30)44(2,3)40(32)25-28/h6-26H,1-5H3. The van der Waals surface area contributed by atoms with E-state index in [0.29, 0.717) is 0 Å². The molecule has 0 amide bonds. The molecule has 0 bridgehead atoms. The fourth-order valence-electron chi connectivity index (χ4n) is 8.63. The van der Waals surface area contributed by atoms with Crippen molar-refractivity contribution < 1.29 is 0 Å². The minimum absolute atomic E-state index is 0.0428. The largest absolute Gasteiger partial charge is 0.0619 e. The summed E-state index contributed by atoms with van der Waals surface area (Å²) < 4.78 is 0. The molecule has 0 spiro atoms. The van der Waals surface area contributed by atoms with Crippen LogP contribution in [0, 0.1) is 6.92 Å². The summed E-state index contributed by atoms with van der Waals surface area (Å²) in [6, 6.07) is 48.3. The topological polar surface area (TPSA) is 0 Å². The van der Waals surface area contributed by atoms with Crippen LogP contribution in [-0.4, -0.2) is 0 Å². The molecule has 9 rings (SSSR count). The average molecular weight is 577 g/mol. The molecule has 0 radical (unpaired) electrons. The second-order valence-electron chi connectivity index (χ2n) is 14.2. The van der Waals surface area contributed by atoms with Gasteiger partial charge in [-0.15, -0.1) is 0 Å². The molecule has 2 aliphatic rings. The molecule has 216 valence electrons. The van der Waals surface area contributed by atoms with Gasteiger partial charge in [-0.3, -0.25) is 0 Å². The Balaban J connectivity index is 1.32. The van der Waals surface area contributed by atoms with Crippen LogP contribution in [0.15, 0.2) is 127 Å². The third kappa shape index (κ3) is 3.54. The normalized spacial score (nSPS) is 15.1. The van der Waals surface area contributed by atoms with Gasteiger partial charge in [-0.25, -0.2) is 0 Å². The second kappa shape index (κ2) is 9.05. The molecule has 7 aromatic carbocycles. The van der Waals surface area contributed by atoms with Crippen LogP contribution in [0.2, 0.25) is 0 Å². The van der Waals surface area contributed by atoms with Crippen molar-refractivity contribution in [2.24, 2.45) is 0 Å². The van der Waals surface area contributed by atoms with Gasteiger partial charge in [0.15, 0.2) is 0 Å².